The third-order valence-corrected chi connectivity index (χ3v) is 15.0. The largest absolute Gasteiger partial charge is 0.0855 e. The molecule has 0 heterocycles. The van der Waals surface area contributed by atoms with Gasteiger partial charge in [-0.25, -0.2) is 0 Å². The van der Waals surface area contributed by atoms with Gasteiger partial charge >= 0.3 is 0 Å². The molecule has 0 nitrogen and oxygen atoms in total. The lowest BCUT2D eigenvalue weighted by molar-refractivity contribution is 1.10. The summed E-state index contributed by atoms with van der Waals surface area (Å²) in [4.78, 5) is 0. The summed E-state index contributed by atoms with van der Waals surface area (Å²) >= 11 is 0. The van der Waals surface area contributed by atoms with E-state index in [0.717, 1.165) is 0 Å². The minimum absolute atomic E-state index is 0.154. The van der Waals surface area contributed by atoms with Gasteiger partial charge in [0.1, 0.15) is 0 Å². The SMILES string of the molecule is Cc1ccc(-c2ccc(-c3ccc(C)cc3)c([C@@H](C)SS[C@H](C)c3c(-c4ccc(C)cc4)ccc(-c4ccc(C)cc4)c3-c3ccc(C)cc3)c2-c2ccc(C)cc2)cc1. The lowest BCUT2D eigenvalue weighted by Gasteiger charge is -2.27. The average Bonchev–Trinajstić information content (AvgIpc) is 3.26. The summed E-state index contributed by atoms with van der Waals surface area (Å²) in [5, 5.41) is 0.308. The summed E-state index contributed by atoms with van der Waals surface area (Å²) < 4.78 is 0. The molecule has 0 saturated carbocycles. The smallest absolute Gasteiger partial charge is 0.0385 e. The van der Waals surface area contributed by atoms with E-state index in [4.69, 9.17) is 0 Å². The molecule has 0 radical (unpaired) electrons. The van der Waals surface area contributed by atoms with Crippen LogP contribution >= 0.6 is 21.6 Å². The monoisotopic (exact) mass is 814 g/mol. The van der Waals surface area contributed by atoms with E-state index in [0.29, 0.717) is 0 Å². The molecule has 0 aromatic heterocycles. The highest BCUT2D eigenvalue weighted by Gasteiger charge is 2.26. The standard InChI is InChI=1S/C58H54S2/c1-37-9-21-45(22-10-37)51-33-35-53(47-25-13-39(3)14-26-47)57(49-29-17-41(5)18-30-49)55(51)43(7)59-60-44(8)56-52(46-23-11-38(2)12-24-46)34-36-54(48-27-15-40(4)16-28-48)58(56)50-31-19-42(6)20-32-50/h9-36,43-44H,1-8H3/t43-,44-/m1/s1. The number of rotatable bonds is 11. The molecule has 298 valence electrons. The van der Waals surface area contributed by atoms with Crippen LogP contribution in [0.5, 0.6) is 0 Å². The highest BCUT2D eigenvalue weighted by molar-refractivity contribution is 8.76. The Labute approximate surface area is 366 Å². The van der Waals surface area contributed by atoms with Crippen LogP contribution in [0.1, 0.15) is 68.9 Å². The molecule has 0 aliphatic carbocycles. The van der Waals surface area contributed by atoms with Crippen LogP contribution in [0.2, 0.25) is 0 Å². The van der Waals surface area contributed by atoms with E-state index in [-0.39, 0.29) is 10.5 Å². The van der Waals surface area contributed by atoms with Gasteiger partial charge in [0.2, 0.25) is 0 Å². The van der Waals surface area contributed by atoms with Gasteiger partial charge in [-0.05, 0) is 133 Å². The second-order valence-corrected chi connectivity index (χ2v) is 19.5. The van der Waals surface area contributed by atoms with Crippen LogP contribution in [0.15, 0.2) is 170 Å². The molecular formula is C58H54S2. The number of benzene rings is 8. The molecule has 0 N–H and O–H groups in total. The Morgan fingerprint density at radius 1 is 0.250 bits per heavy atom. The van der Waals surface area contributed by atoms with Gasteiger partial charge < -0.3 is 0 Å². The number of aryl methyl sites for hydroxylation is 6. The Kier molecular flexibility index (Phi) is 12.3. The normalized spacial score (nSPS) is 12.3. The Balaban J connectivity index is 1.30. The first-order valence-electron chi connectivity index (χ1n) is 21.1. The molecule has 0 spiro atoms. The van der Waals surface area contributed by atoms with Crippen LogP contribution in [-0.4, -0.2) is 0 Å². The van der Waals surface area contributed by atoms with Crippen LogP contribution in [0.4, 0.5) is 0 Å². The van der Waals surface area contributed by atoms with Crippen molar-refractivity contribution < 1.29 is 0 Å². The number of hydrogen-bond acceptors (Lipinski definition) is 2. The number of hydrogen-bond donors (Lipinski definition) is 0. The van der Waals surface area contributed by atoms with Gasteiger partial charge in [-0.2, -0.15) is 0 Å². The zero-order chi connectivity index (χ0) is 41.9. The molecule has 60 heavy (non-hydrogen) atoms. The van der Waals surface area contributed by atoms with Gasteiger partial charge in [0.25, 0.3) is 0 Å². The molecule has 2 heteroatoms. The predicted octanol–water partition coefficient (Wildman–Crippen LogP) is 17.7. The van der Waals surface area contributed by atoms with E-state index >= 15 is 0 Å². The van der Waals surface area contributed by atoms with Crippen molar-refractivity contribution in [3.05, 3.63) is 214 Å². The minimum atomic E-state index is 0.154. The molecule has 0 saturated heterocycles. The predicted molar refractivity (Wildman–Crippen MR) is 266 cm³/mol. The molecule has 0 unspecified atom stereocenters. The molecule has 2 atom stereocenters. The maximum Gasteiger partial charge on any atom is 0.0385 e. The van der Waals surface area contributed by atoms with Gasteiger partial charge in [-0.1, -0.05) is 225 Å². The van der Waals surface area contributed by atoms with Gasteiger partial charge in [0.05, 0.1) is 0 Å². The molecule has 0 aliphatic rings. The van der Waals surface area contributed by atoms with E-state index in [1.807, 2.05) is 21.6 Å². The summed E-state index contributed by atoms with van der Waals surface area (Å²) in [6, 6.07) is 64.0. The third-order valence-electron chi connectivity index (χ3n) is 11.8. The van der Waals surface area contributed by atoms with Crippen molar-refractivity contribution in [2.45, 2.75) is 65.9 Å². The highest BCUT2D eigenvalue weighted by atomic mass is 33.1. The van der Waals surface area contributed by atoms with Crippen LogP contribution in [0, 0.1) is 41.5 Å². The zero-order valence-corrected chi connectivity index (χ0v) is 37.8. The second kappa shape index (κ2) is 18.0. The van der Waals surface area contributed by atoms with Crippen molar-refractivity contribution in [3.8, 4) is 66.8 Å². The summed E-state index contributed by atoms with van der Waals surface area (Å²) in [6.07, 6.45) is 0. The van der Waals surface area contributed by atoms with Crippen LogP contribution < -0.4 is 0 Å². The first kappa shape index (κ1) is 41.2. The summed E-state index contributed by atoms with van der Waals surface area (Å²) in [6.45, 7) is 17.9. The van der Waals surface area contributed by atoms with Crippen molar-refractivity contribution in [1.82, 2.24) is 0 Å². The summed E-state index contributed by atoms with van der Waals surface area (Å²) in [7, 11) is 3.99. The van der Waals surface area contributed by atoms with E-state index < -0.39 is 0 Å². The fourth-order valence-corrected chi connectivity index (χ4v) is 10.9. The van der Waals surface area contributed by atoms with Gasteiger partial charge in [0.15, 0.2) is 0 Å². The van der Waals surface area contributed by atoms with Crippen LogP contribution in [0.3, 0.4) is 0 Å². The Hall–Kier alpha value is -5.54. The van der Waals surface area contributed by atoms with Gasteiger partial charge in [-0.15, -0.1) is 0 Å². The maximum absolute atomic E-state index is 2.42. The maximum atomic E-state index is 2.42. The van der Waals surface area contributed by atoms with Crippen molar-refractivity contribution in [3.63, 3.8) is 0 Å². The molecule has 0 fully saturated rings. The van der Waals surface area contributed by atoms with E-state index in [1.165, 1.54) is 111 Å². The first-order valence-corrected chi connectivity index (χ1v) is 23.4. The molecule has 0 aliphatic heterocycles. The quantitative estimate of drug-likeness (QED) is 0.119. The van der Waals surface area contributed by atoms with Crippen molar-refractivity contribution >= 4 is 21.6 Å². The first-order chi connectivity index (χ1) is 29.0. The highest BCUT2D eigenvalue weighted by Crippen LogP contribution is 2.55. The minimum Gasteiger partial charge on any atom is -0.0855 e. The topological polar surface area (TPSA) is 0 Å². The Morgan fingerprint density at radius 2 is 0.450 bits per heavy atom. The Morgan fingerprint density at radius 3 is 0.700 bits per heavy atom. The third kappa shape index (κ3) is 8.83. The van der Waals surface area contributed by atoms with Crippen LogP contribution in [-0.2, 0) is 0 Å². The fourth-order valence-electron chi connectivity index (χ4n) is 8.33. The average molecular weight is 815 g/mol. The van der Waals surface area contributed by atoms with Crippen molar-refractivity contribution in [2.24, 2.45) is 0 Å². The van der Waals surface area contributed by atoms with E-state index in [1.54, 1.807) is 0 Å². The summed E-state index contributed by atoms with van der Waals surface area (Å²) in [5.74, 6) is 0. The van der Waals surface area contributed by atoms with Crippen molar-refractivity contribution in [2.75, 3.05) is 0 Å². The molecule has 0 bridgehead atoms. The molecule has 0 amide bonds. The molecule has 8 aromatic carbocycles. The van der Waals surface area contributed by atoms with Crippen LogP contribution in [0.25, 0.3) is 66.8 Å². The molecular weight excluding hydrogens is 761 g/mol. The fraction of sp³-hybridized carbons (Fsp3) is 0.172. The molecule has 8 aromatic rings. The van der Waals surface area contributed by atoms with E-state index in [2.05, 4.69) is 225 Å². The molecule has 8 rings (SSSR count). The zero-order valence-electron chi connectivity index (χ0n) is 36.1. The Bertz CT molecular complexity index is 2530. The lowest BCUT2D eigenvalue weighted by Crippen LogP contribution is -2.02. The second-order valence-electron chi connectivity index (χ2n) is 16.6. The van der Waals surface area contributed by atoms with E-state index in [9.17, 15) is 0 Å². The van der Waals surface area contributed by atoms with Gasteiger partial charge in [-0.3, -0.25) is 0 Å². The van der Waals surface area contributed by atoms with Gasteiger partial charge in [0, 0.05) is 10.5 Å². The lowest BCUT2D eigenvalue weighted by atomic mass is 9.84. The van der Waals surface area contributed by atoms with Crippen molar-refractivity contribution in [1.29, 1.82) is 0 Å². The summed E-state index contributed by atoms with van der Waals surface area (Å²) in [5.41, 5.74) is 25.6.